The monoisotopic (exact) mass is 752 g/mol. The molecule has 8 aromatic carbocycles. The molecular formula is C57H40N2. The molecule has 59 heavy (non-hydrogen) atoms. The molecule has 2 aliphatic carbocycles. The fraction of sp³-hybridized carbons (Fsp3) is 0.0702. The van der Waals surface area contributed by atoms with Crippen LogP contribution in [0.4, 0.5) is 17.1 Å². The molecule has 1 spiro atoms. The Bertz CT molecular complexity index is 3040. The first kappa shape index (κ1) is 33.8. The first-order valence-corrected chi connectivity index (χ1v) is 20.6. The Morgan fingerprint density at radius 2 is 0.831 bits per heavy atom. The van der Waals surface area contributed by atoms with Gasteiger partial charge in [0.2, 0.25) is 0 Å². The lowest BCUT2D eigenvalue weighted by Gasteiger charge is -2.42. The summed E-state index contributed by atoms with van der Waals surface area (Å²) in [6.45, 7) is 4.67. The number of rotatable bonds is 4. The molecule has 0 saturated carbocycles. The maximum Gasteiger partial charge on any atom is 0.0725 e. The molecule has 2 nitrogen and oxygen atoms in total. The molecule has 1 aliphatic heterocycles. The van der Waals surface area contributed by atoms with Gasteiger partial charge in [0, 0.05) is 22.2 Å². The quantitative estimate of drug-likeness (QED) is 0.178. The number of aromatic nitrogens is 1. The Kier molecular flexibility index (Phi) is 7.22. The van der Waals surface area contributed by atoms with Gasteiger partial charge in [-0.3, -0.25) is 0 Å². The molecule has 9 aromatic rings. The zero-order valence-corrected chi connectivity index (χ0v) is 33.0. The third kappa shape index (κ3) is 4.72. The number of hydrogen-bond donors (Lipinski definition) is 0. The van der Waals surface area contributed by atoms with Gasteiger partial charge >= 0.3 is 0 Å². The van der Waals surface area contributed by atoms with Gasteiger partial charge in [0.15, 0.2) is 0 Å². The average Bonchev–Trinajstić information content (AvgIpc) is 3.77. The van der Waals surface area contributed by atoms with Crippen LogP contribution in [0.15, 0.2) is 206 Å². The first-order chi connectivity index (χ1) is 29.0. The van der Waals surface area contributed by atoms with E-state index < -0.39 is 5.41 Å². The number of benzene rings is 8. The van der Waals surface area contributed by atoms with Gasteiger partial charge in [-0.2, -0.15) is 0 Å². The highest BCUT2D eigenvalue weighted by Crippen LogP contribution is 2.64. The highest BCUT2D eigenvalue weighted by atomic mass is 15.2. The fourth-order valence-electron chi connectivity index (χ4n) is 10.7. The van der Waals surface area contributed by atoms with E-state index in [0.717, 1.165) is 39.3 Å². The number of hydrogen-bond acceptors (Lipinski definition) is 2. The Morgan fingerprint density at radius 3 is 1.46 bits per heavy atom. The molecule has 0 N–H and O–H groups in total. The van der Waals surface area contributed by atoms with Gasteiger partial charge in [-0.1, -0.05) is 184 Å². The van der Waals surface area contributed by atoms with Crippen molar-refractivity contribution in [2.75, 3.05) is 4.90 Å². The minimum Gasteiger partial charge on any atom is -0.310 e. The maximum absolute atomic E-state index is 5.50. The Labute approximate surface area is 345 Å². The predicted octanol–water partition coefficient (Wildman–Crippen LogP) is 14.5. The lowest BCUT2D eigenvalue weighted by atomic mass is 9.70. The van der Waals surface area contributed by atoms with Gasteiger partial charge in [0.25, 0.3) is 0 Å². The second-order valence-corrected chi connectivity index (χ2v) is 16.6. The standard InChI is InChI=1S/C57H40N2/c1-56(2)48-26-12-14-29-53(48)59(54-30-15-13-27-49(54)56)40-33-31-37(32-34-40)39-35-51(38-17-4-3-5-18-38)58-52(36-39)44-22-16-28-50-55(44)43-21-8-11-25-47(43)57(50)45-23-9-6-19-41(45)42-20-7-10-24-46(42)57/h3-36H,1-2H3. The average molecular weight is 753 g/mol. The highest BCUT2D eigenvalue weighted by Gasteiger charge is 2.52. The topological polar surface area (TPSA) is 16.1 Å². The highest BCUT2D eigenvalue weighted by molar-refractivity contribution is 6.00. The summed E-state index contributed by atoms with van der Waals surface area (Å²) < 4.78 is 0. The summed E-state index contributed by atoms with van der Waals surface area (Å²) >= 11 is 0. The van der Waals surface area contributed by atoms with Crippen molar-refractivity contribution in [1.29, 1.82) is 0 Å². The van der Waals surface area contributed by atoms with Crippen molar-refractivity contribution in [3.05, 3.63) is 240 Å². The molecule has 2 heteroatoms. The molecule has 0 radical (unpaired) electrons. The number of anilines is 3. The van der Waals surface area contributed by atoms with E-state index in [4.69, 9.17) is 4.98 Å². The molecule has 0 amide bonds. The van der Waals surface area contributed by atoms with Crippen molar-refractivity contribution in [1.82, 2.24) is 4.98 Å². The molecule has 0 saturated heterocycles. The molecule has 12 rings (SSSR count). The van der Waals surface area contributed by atoms with Crippen molar-refractivity contribution in [2.45, 2.75) is 24.7 Å². The van der Waals surface area contributed by atoms with Crippen molar-refractivity contribution in [3.8, 4) is 55.9 Å². The molecular weight excluding hydrogens is 713 g/mol. The van der Waals surface area contributed by atoms with Crippen LogP contribution in [0.2, 0.25) is 0 Å². The number of fused-ring (bicyclic) bond motifs is 12. The minimum atomic E-state index is -0.411. The minimum absolute atomic E-state index is 0.104. The van der Waals surface area contributed by atoms with Crippen LogP contribution in [-0.2, 0) is 10.8 Å². The maximum atomic E-state index is 5.50. The summed E-state index contributed by atoms with van der Waals surface area (Å²) in [5.41, 5.74) is 22.7. The molecule has 0 bridgehead atoms. The Hall–Kier alpha value is -7.29. The van der Waals surface area contributed by atoms with E-state index in [-0.39, 0.29) is 5.41 Å². The van der Waals surface area contributed by atoms with Gasteiger partial charge < -0.3 is 4.90 Å². The fourth-order valence-corrected chi connectivity index (χ4v) is 10.7. The van der Waals surface area contributed by atoms with Crippen LogP contribution in [-0.4, -0.2) is 4.98 Å². The molecule has 278 valence electrons. The predicted molar refractivity (Wildman–Crippen MR) is 244 cm³/mol. The summed E-state index contributed by atoms with van der Waals surface area (Å²) in [4.78, 5) is 7.92. The van der Waals surface area contributed by atoms with Gasteiger partial charge in [-0.25, -0.2) is 4.98 Å². The smallest absolute Gasteiger partial charge is 0.0725 e. The summed E-state index contributed by atoms with van der Waals surface area (Å²) in [6, 6.07) is 75.9. The lowest BCUT2D eigenvalue weighted by Crippen LogP contribution is -2.30. The van der Waals surface area contributed by atoms with Crippen molar-refractivity contribution >= 4 is 17.1 Å². The van der Waals surface area contributed by atoms with Crippen LogP contribution >= 0.6 is 0 Å². The number of pyridine rings is 1. The molecule has 0 unspecified atom stereocenters. The zero-order chi connectivity index (χ0) is 39.3. The van der Waals surface area contributed by atoms with Crippen LogP contribution in [0.25, 0.3) is 55.9 Å². The summed E-state index contributed by atoms with van der Waals surface area (Å²) in [5, 5.41) is 0. The van der Waals surface area contributed by atoms with E-state index in [9.17, 15) is 0 Å². The van der Waals surface area contributed by atoms with Crippen LogP contribution in [0, 0.1) is 0 Å². The summed E-state index contributed by atoms with van der Waals surface area (Å²) in [7, 11) is 0. The molecule has 0 atom stereocenters. The Morgan fingerprint density at radius 1 is 0.356 bits per heavy atom. The lowest BCUT2D eigenvalue weighted by molar-refractivity contribution is 0.632. The van der Waals surface area contributed by atoms with Crippen molar-refractivity contribution in [2.24, 2.45) is 0 Å². The van der Waals surface area contributed by atoms with Gasteiger partial charge in [-0.05, 0) is 103 Å². The molecule has 2 heterocycles. The Balaban J connectivity index is 1.04. The van der Waals surface area contributed by atoms with Crippen LogP contribution in [0.3, 0.4) is 0 Å². The molecule has 3 aliphatic rings. The van der Waals surface area contributed by atoms with E-state index in [2.05, 4.69) is 225 Å². The largest absolute Gasteiger partial charge is 0.310 e. The van der Waals surface area contributed by atoms with Crippen molar-refractivity contribution in [3.63, 3.8) is 0 Å². The number of nitrogens with zero attached hydrogens (tertiary/aromatic N) is 2. The van der Waals surface area contributed by atoms with E-state index in [1.54, 1.807) is 0 Å². The second kappa shape index (κ2) is 12.6. The van der Waals surface area contributed by atoms with Crippen LogP contribution in [0.1, 0.15) is 47.2 Å². The van der Waals surface area contributed by atoms with E-state index >= 15 is 0 Å². The SMILES string of the molecule is CC1(C)c2ccccc2N(c2ccc(-c3cc(-c4ccccc4)nc(-c4cccc5c4-c4ccccc4C54c5ccccc5-c5ccccc54)c3)cc2)c2ccccc21. The van der Waals surface area contributed by atoms with Gasteiger partial charge in [0.1, 0.15) is 0 Å². The van der Waals surface area contributed by atoms with Gasteiger partial charge in [0.05, 0.1) is 28.2 Å². The third-order valence-electron chi connectivity index (χ3n) is 13.3. The third-order valence-corrected chi connectivity index (χ3v) is 13.3. The van der Waals surface area contributed by atoms with Crippen LogP contribution in [0.5, 0.6) is 0 Å². The van der Waals surface area contributed by atoms with E-state index in [0.29, 0.717) is 0 Å². The van der Waals surface area contributed by atoms with Gasteiger partial charge in [-0.15, -0.1) is 0 Å². The van der Waals surface area contributed by atoms with E-state index in [1.807, 2.05) is 0 Å². The second-order valence-electron chi connectivity index (χ2n) is 16.6. The normalized spacial score (nSPS) is 14.5. The summed E-state index contributed by atoms with van der Waals surface area (Å²) in [5.74, 6) is 0. The van der Waals surface area contributed by atoms with Crippen molar-refractivity contribution < 1.29 is 0 Å². The molecule has 0 fully saturated rings. The van der Waals surface area contributed by atoms with E-state index in [1.165, 1.54) is 67.0 Å². The zero-order valence-electron chi connectivity index (χ0n) is 33.0. The molecule has 1 aromatic heterocycles. The first-order valence-electron chi connectivity index (χ1n) is 20.6. The summed E-state index contributed by atoms with van der Waals surface area (Å²) in [6.07, 6.45) is 0. The number of para-hydroxylation sites is 2. The van der Waals surface area contributed by atoms with Crippen LogP contribution < -0.4 is 4.90 Å².